The zero-order chi connectivity index (χ0) is 9.15. The smallest absolute Gasteiger partial charge is 0.0429 e. The third-order valence-electron chi connectivity index (χ3n) is 3.34. The molecule has 3 nitrogen and oxygen atoms in total. The van der Waals surface area contributed by atoms with Gasteiger partial charge in [-0.1, -0.05) is 0 Å². The van der Waals surface area contributed by atoms with E-state index in [1.165, 1.54) is 39.0 Å². The molecule has 0 spiro atoms. The first-order valence-electron chi connectivity index (χ1n) is 5.48. The summed E-state index contributed by atoms with van der Waals surface area (Å²) in [6.45, 7) is 9.57. The maximum absolute atomic E-state index is 3.53. The van der Waals surface area contributed by atoms with Gasteiger partial charge in [-0.2, -0.15) is 0 Å². The number of nitrogens with zero attached hydrogens (tertiary/aromatic N) is 1. The van der Waals surface area contributed by atoms with Gasteiger partial charge in [0.25, 0.3) is 0 Å². The molecule has 2 aliphatic rings. The fourth-order valence-corrected chi connectivity index (χ4v) is 2.44. The van der Waals surface area contributed by atoms with E-state index in [9.17, 15) is 0 Å². The Morgan fingerprint density at radius 1 is 1.00 bits per heavy atom. The van der Waals surface area contributed by atoms with E-state index in [0.717, 1.165) is 13.1 Å². The summed E-state index contributed by atoms with van der Waals surface area (Å²) in [4.78, 5) is 2.66. The van der Waals surface area contributed by atoms with Gasteiger partial charge >= 0.3 is 0 Å². The molecule has 2 rings (SSSR count). The van der Waals surface area contributed by atoms with Gasteiger partial charge in [-0.3, -0.25) is 4.90 Å². The van der Waals surface area contributed by atoms with Crippen molar-refractivity contribution in [3.05, 3.63) is 0 Å². The van der Waals surface area contributed by atoms with E-state index in [-0.39, 0.29) is 0 Å². The number of nitrogens with one attached hydrogen (secondary N) is 2. The molecule has 0 aromatic rings. The van der Waals surface area contributed by atoms with Crippen LogP contribution in [0.2, 0.25) is 0 Å². The zero-order valence-electron chi connectivity index (χ0n) is 8.60. The number of hydrogen-bond acceptors (Lipinski definition) is 3. The highest BCUT2D eigenvalue weighted by Crippen LogP contribution is 2.18. The van der Waals surface area contributed by atoms with Gasteiger partial charge in [0.15, 0.2) is 0 Å². The molecule has 13 heavy (non-hydrogen) atoms. The minimum atomic E-state index is 0.354. The van der Waals surface area contributed by atoms with Gasteiger partial charge in [0.2, 0.25) is 0 Å². The number of hydrogen-bond donors (Lipinski definition) is 2. The molecule has 0 unspecified atom stereocenters. The van der Waals surface area contributed by atoms with Crippen LogP contribution in [0.5, 0.6) is 0 Å². The highest BCUT2D eigenvalue weighted by molar-refractivity contribution is 4.94. The molecule has 0 aromatic carbocycles. The third-order valence-corrected chi connectivity index (χ3v) is 3.34. The topological polar surface area (TPSA) is 27.3 Å². The second kappa shape index (κ2) is 3.95. The molecule has 0 aromatic heterocycles. The van der Waals surface area contributed by atoms with Gasteiger partial charge in [0.1, 0.15) is 0 Å². The minimum absolute atomic E-state index is 0.354. The first-order chi connectivity index (χ1) is 6.31. The van der Waals surface area contributed by atoms with Crippen molar-refractivity contribution in [2.45, 2.75) is 25.3 Å². The summed E-state index contributed by atoms with van der Waals surface area (Å²) in [5, 5.41) is 7.07. The van der Waals surface area contributed by atoms with Gasteiger partial charge in [-0.25, -0.2) is 0 Å². The Morgan fingerprint density at radius 2 is 1.54 bits per heavy atom. The molecule has 2 N–H and O–H groups in total. The molecule has 2 heterocycles. The normalized spacial score (nSPS) is 30.2. The van der Waals surface area contributed by atoms with Crippen molar-refractivity contribution >= 4 is 0 Å². The van der Waals surface area contributed by atoms with Crippen LogP contribution in [0.25, 0.3) is 0 Å². The summed E-state index contributed by atoms with van der Waals surface area (Å²) in [5.41, 5.74) is 0.354. The lowest BCUT2D eigenvalue weighted by molar-refractivity contribution is 0.130. The molecule has 0 radical (unpaired) electrons. The fraction of sp³-hybridized carbons (Fsp3) is 1.00. The van der Waals surface area contributed by atoms with Gasteiger partial charge in [-0.05, 0) is 45.9 Å². The van der Waals surface area contributed by atoms with Crippen LogP contribution in [0.15, 0.2) is 0 Å². The maximum Gasteiger partial charge on any atom is 0.0429 e. The molecule has 0 bridgehead atoms. The molecule has 0 amide bonds. The Kier molecular flexibility index (Phi) is 2.86. The first kappa shape index (κ1) is 9.44. The Morgan fingerprint density at radius 3 is 2.08 bits per heavy atom. The molecule has 2 aliphatic heterocycles. The number of rotatable bonds is 0. The molecule has 0 aliphatic carbocycles. The molecular weight excluding hydrogens is 162 g/mol. The van der Waals surface area contributed by atoms with Crippen molar-refractivity contribution < 1.29 is 0 Å². The maximum atomic E-state index is 3.53. The highest BCUT2D eigenvalue weighted by Gasteiger charge is 2.33. The van der Waals surface area contributed by atoms with Crippen LogP contribution in [0.3, 0.4) is 0 Å². The first-order valence-corrected chi connectivity index (χ1v) is 5.48. The van der Waals surface area contributed by atoms with Crippen molar-refractivity contribution in [3.63, 3.8) is 0 Å². The van der Waals surface area contributed by atoms with Crippen LogP contribution >= 0.6 is 0 Å². The average molecular weight is 183 g/mol. The van der Waals surface area contributed by atoms with Crippen molar-refractivity contribution in [2.24, 2.45) is 0 Å². The summed E-state index contributed by atoms with van der Waals surface area (Å²) in [6.07, 6.45) is 2.60. The van der Waals surface area contributed by atoms with E-state index < -0.39 is 0 Å². The quantitative estimate of drug-likeness (QED) is 0.555. The predicted molar refractivity (Wildman–Crippen MR) is 55.0 cm³/mol. The number of fused-ring (bicyclic) bond motifs is 1. The van der Waals surface area contributed by atoms with E-state index in [2.05, 4.69) is 22.5 Å². The molecule has 0 atom stereocenters. The van der Waals surface area contributed by atoms with E-state index in [1.807, 2.05) is 0 Å². The van der Waals surface area contributed by atoms with Crippen molar-refractivity contribution in [3.8, 4) is 0 Å². The Hall–Kier alpha value is -0.120. The third kappa shape index (κ3) is 2.03. The fourth-order valence-electron chi connectivity index (χ4n) is 2.44. The minimum Gasteiger partial charge on any atom is -0.315 e. The lowest BCUT2D eigenvalue weighted by Gasteiger charge is -2.38. The van der Waals surface area contributed by atoms with Gasteiger partial charge in [-0.15, -0.1) is 0 Å². The summed E-state index contributed by atoms with van der Waals surface area (Å²) >= 11 is 0. The second-order valence-electron chi connectivity index (χ2n) is 4.54. The van der Waals surface area contributed by atoms with Crippen LogP contribution in [0, 0.1) is 0 Å². The standard InChI is InChI=1S/C10H21N3/c1-10-8-11-4-2-6-13(10)7-3-5-12-9-10/h11-12H,2-9H2,1H3. The molecule has 76 valence electrons. The van der Waals surface area contributed by atoms with E-state index in [4.69, 9.17) is 0 Å². The lowest BCUT2D eigenvalue weighted by Crippen LogP contribution is -2.55. The summed E-state index contributed by atoms with van der Waals surface area (Å²) in [7, 11) is 0. The Labute approximate surface area is 80.9 Å². The highest BCUT2D eigenvalue weighted by atomic mass is 15.3. The Balaban J connectivity index is 2.08. The molecule has 2 saturated heterocycles. The Bertz CT molecular complexity index is 156. The lowest BCUT2D eigenvalue weighted by atomic mass is 10.0. The van der Waals surface area contributed by atoms with E-state index in [1.54, 1.807) is 0 Å². The molecular formula is C10H21N3. The van der Waals surface area contributed by atoms with Crippen LogP contribution in [0.4, 0.5) is 0 Å². The largest absolute Gasteiger partial charge is 0.315 e. The monoisotopic (exact) mass is 183 g/mol. The predicted octanol–water partition coefficient (Wildman–Crippen LogP) is 0.0337. The average Bonchev–Trinajstić information content (AvgIpc) is 2.37. The SMILES string of the molecule is CC12CNCCCN1CCCNC2. The molecule has 3 heteroatoms. The second-order valence-corrected chi connectivity index (χ2v) is 4.54. The molecule has 0 saturated carbocycles. The van der Waals surface area contributed by atoms with Crippen LogP contribution in [-0.4, -0.2) is 49.7 Å². The van der Waals surface area contributed by atoms with Gasteiger partial charge in [0.05, 0.1) is 0 Å². The summed E-state index contributed by atoms with van der Waals surface area (Å²) in [6, 6.07) is 0. The van der Waals surface area contributed by atoms with Crippen LogP contribution in [0.1, 0.15) is 19.8 Å². The molecule has 2 fully saturated rings. The van der Waals surface area contributed by atoms with Crippen molar-refractivity contribution in [1.82, 2.24) is 15.5 Å². The zero-order valence-corrected chi connectivity index (χ0v) is 8.60. The summed E-state index contributed by atoms with van der Waals surface area (Å²) < 4.78 is 0. The van der Waals surface area contributed by atoms with Crippen molar-refractivity contribution in [1.29, 1.82) is 0 Å². The summed E-state index contributed by atoms with van der Waals surface area (Å²) in [5.74, 6) is 0. The van der Waals surface area contributed by atoms with Crippen LogP contribution in [-0.2, 0) is 0 Å². The van der Waals surface area contributed by atoms with Gasteiger partial charge in [0, 0.05) is 18.6 Å². The van der Waals surface area contributed by atoms with Crippen molar-refractivity contribution in [2.75, 3.05) is 39.3 Å². The van der Waals surface area contributed by atoms with E-state index >= 15 is 0 Å². The van der Waals surface area contributed by atoms with Gasteiger partial charge < -0.3 is 10.6 Å². The van der Waals surface area contributed by atoms with Crippen LogP contribution < -0.4 is 10.6 Å². The van der Waals surface area contributed by atoms with E-state index in [0.29, 0.717) is 5.54 Å².